The molecule has 0 saturated carbocycles. The number of hydrazine groups is 1. The maximum atomic E-state index is 11.3. The summed E-state index contributed by atoms with van der Waals surface area (Å²) in [6.07, 6.45) is 0. The van der Waals surface area contributed by atoms with E-state index in [9.17, 15) is 4.79 Å². The molecule has 96 valence electrons. The van der Waals surface area contributed by atoms with E-state index in [2.05, 4.69) is 20.3 Å². The van der Waals surface area contributed by atoms with E-state index in [1.54, 1.807) is 11.3 Å². The Kier molecular flexibility index (Phi) is 4.37. The average Bonchev–Trinajstić information content (AvgIpc) is 2.99. The highest BCUT2D eigenvalue weighted by Gasteiger charge is 2.11. The molecule has 0 radical (unpaired) electrons. The third-order valence-electron chi connectivity index (χ3n) is 2.22. The number of carbonyl (C=O) groups excluding carboxylic acids is 1. The fraction of sp³-hybridized carbons (Fsp3) is 0.300. The zero-order valence-electron chi connectivity index (χ0n) is 9.79. The molecule has 0 bridgehead atoms. The first-order valence-corrected chi connectivity index (χ1v) is 7.02. The average molecular weight is 283 g/mol. The predicted molar refractivity (Wildman–Crippen MR) is 71.1 cm³/mol. The number of thiazole rings is 2. The monoisotopic (exact) mass is 283 g/mol. The van der Waals surface area contributed by atoms with Crippen LogP contribution >= 0.6 is 22.7 Å². The van der Waals surface area contributed by atoms with Crippen molar-refractivity contribution in [3.05, 3.63) is 32.7 Å². The highest BCUT2D eigenvalue weighted by Crippen LogP contribution is 2.12. The number of nitrogens with zero attached hydrogens (tertiary/aromatic N) is 3. The van der Waals surface area contributed by atoms with Gasteiger partial charge in [0.1, 0.15) is 0 Å². The normalized spacial score (nSPS) is 10.8. The summed E-state index contributed by atoms with van der Waals surface area (Å²) >= 11 is 2.87. The molecule has 0 aromatic carbocycles. The van der Waals surface area contributed by atoms with Crippen molar-refractivity contribution < 1.29 is 4.79 Å². The lowest BCUT2D eigenvalue weighted by Crippen LogP contribution is -2.29. The molecule has 6 nitrogen and oxygen atoms in total. The van der Waals surface area contributed by atoms with Gasteiger partial charge in [0.2, 0.25) is 0 Å². The van der Waals surface area contributed by atoms with Crippen molar-refractivity contribution in [2.45, 2.75) is 13.1 Å². The van der Waals surface area contributed by atoms with E-state index in [1.165, 1.54) is 11.3 Å². The van der Waals surface area contributed by atoms with Gasteiger partial charge in [-0.25, -0.2) is 15.8 Å². The first-order chi connectivity index (χ1) is 8.69. The van der Waals surface area contributed by atoms with Gasteiger partial charge < -0.3 is 0 Å². The Morgan fingerprint density at radius 2 is 2.22 bits per heavy atom. The molecule has 0 fully saturated rings. The van der Waals surface area contributed by atoms with Crippen LogP contribution in [0.1, 0.15) is 21.2 Å². The van der Waals surface area contributed by atoms with Gasteiger partial charge in [0.15, 0.2) is 5.01 Å². The van der Waals surface area contributed by atoms with E-state index in [1.807, 2.05) is 23.3 Å². The number of nitrogens with two attached hydrogens (primary N) is 1. The zero-order chi connectivity index (χ0) is 13.0. The molecule has 2 heterocycles. The summed E-state index contributed by atoms with van der Waals surface area (Å²) in [6, 6.07) is 0. The summed E-state index contributed by atoms with van der Waals surface area (Å²) in [5.41, 5.74) is 5.78. The molecule has 0 atom stereocenters. The number of amides is 1. The Balaban J connectivity index is 1.92. The number of hydrogen-bond acceptors (Lipinski definition) is 7. The highest BCUT2D eigenvalue weighted by molar-refractivity contribution is 7.11. The Bertz CT molecular complexity index is 510. The number of nitrogens with one attached hydrogen (secondary N) is 1. The molecule has 2 rings (SSSR count). The van der Waals surface area contributed by atoms with E-state index < -0.39 is 0 Å². The minimum atomic E-state index is -0.353. The molecule has 0 spiro atoms. The zero-order valence-corrected chi connectivity index (χ0v) is 11.4. The fourth-order valence-electron chi connectivity index (χ4n) is 1.47. The van der Waals surface area contributed by atoms with Crippen molar-refractivity contribution >= 4 is 28.6 Å². The summed E-state index contributed by atoms with van der Waals surface area (Å²) in [5.74, 6) is 4.70. The number of hydrogen-bond donors (Lipinski definition) is 2. The van der Waals surface area contributed by atoms with Crippen LogP contribution < -0.4 is 11.3 Å². The van der Waals surface area contributed by atoms with Crippen LogP contribution in [0.25, 0.3) is 0 Å². The van der Waals surface area contributed by atoms with Crippen molar-refractivity contribution in [2.24, 2.45) is 5.84 Å². The van der Waals surface area contributed by atoms with Gasteiger partial charge in [-0.2, -0.15) is 0 Å². The third kappa shape index (κ3) is 3.33. The summed E-state index contributed by atoms with van der Waals surface area (Å²) in [5, 5.41) is 4.27. The minimum Gasteiger partial charge on any atom is -0.295 e. The predicted octanol–water partition coefficient (Wildman–Crippen LogP) is 0.835. The van der Waals surface area contributed by atoms with Crippen molar-refractivity contribution in [2.75, 3.05) is 7.05 Å². The second kappa shape index (κ2) is 6.01. The molecule has 3 N–H and O–H groups in total. The van der Waals surface area contributed by atoms with Crippen molar-refractivity contribution in [3.63, 3.8) is 0 Å². The summed E-state index contributed by atoms with van der Waals surface area (Å²) in [7, 11) is 1.99. The quantitative estimate of drug-likeness (QED) is 0.482. The van der Waals surface area contributed by atoms with Gasteiger partial charge in [0, 0.05) is 23.8 Å². The van der Waals surface area contributed by atoms with E-state index in [-0.39, 0.29) is 5.91 Å². The molecule has 0 saturated heterocycles. The molecule has 8 heteroatoms. The molecule has 1 amide bonds. The second-order valence-corrected chi connectivity index (χ2v) is 5.35. The summed E-state index contributed by atoms with van der Waals surface area (Å²) in [6.45, 7) is 1.44. The fourth-order valence-corrected chi connectivity index (χ4v) is 2.73. The Morgan fingerprint density at radius 3 is 2.89 bits per heavy atom. The number of nitrogen functional groups attached to an aromatic ring is 1. The molecule has 0 aliphatic rings. The molecule has 2 aromatic heterocycles. The Hall–Kier alpha value is -1.35. The highest BCUT2D eigenvalue weighted by atomic mass is 32.1. The first-order valence-electron chi connectivity index (χ1n) is 5.20. The van der Waals surface area contributed by atoms with Crippen LogP contribution in [0.3, 0.4) is 0 Å². The molecule has 2 aromatic rings. The standard InChI is InChI=1S/C10H13N5OS2/c1-15(2-7-4-17-6-12-7)3-8-5-18-10(13-8)9(16)14-11/h4-6H,2-3,11H2,1H3,(H,14,16). The molecular formula is C10H13N5OS2. The van der Waals surface area contributed by atoms with Crippen LogP contribution in [0.5, 0.6) is 0 Å². The van der Waals surface area contributed by atoms with Crippen molar-refractivity contribution in [3.8, 4) is 0 Å². The van der Waals surface area contributed by atoms with Gasteiger partial charge in [-0.1, -0.05) is 0 Å². The molecule has 0 unspecified atom stereocenters. The van der Waals surface area contributed by atoms with Crippen LogP contribution in [0.4, 0.5) is 0 Å². The van der Waals surface area contributed by atoms with Crippen molar-refractivity contribution in [1.29, 1.82) is 0 Å². The van der Waals surface area contributed by atoms with Crippen LogP contribution in [0.2, 0.25) is 0 Å². The minimum absolute atomic E-state index is 0.353. The van der Waals surface area contributed by atoms with E-state index >= 15 is 0 Å². The van der Waals surface area contributed by atoms with Crippen molar-refractivity contribution in [1.82, 2.24) is 20.3 Å². The van der Waals surface area contributed by atoms with Gasteiger partial charge in [0.05, 0.1) is 16.9 Å². The molecule has 18 heavy (non-hydrogen) atoms. The number of carbonyl (C=O) groups is 1. The Labute approximate surface area is 112 Å². The lowest BCUT2D eigenvalue weighted by Gasteiger charge is -2.13. The van der Waals surface area contributed by atoms with Crippen LogP contribution in [0.15, 0.2) is 16.3 Å². The lowest BCUT2D eigenvalue weighted by atomic mass is 10.4. The SMILES string of the molecule is CN(Cc1cscn1)Cc1csc(C(=O)NN)n1. The van der Waals surface area contributed by atoms with E-state index in [0.29, 0.717) is 11.6 Å². The topological polar surface area (TPSA) is 84.1 Å². The number of aromatic nitrogens is 2. The molecule has 0 aliphatic heterocycles. The third-order valence-corrected chi connectivity index (χ3v) is 3.75. The molecular weight excluding hydrogens is 270 g/mol. The summed E-state index contributed by atoms with van der Waals surface area (Å²) in [4.78, 5) is 21.8. The first kappa shape index (κ1) is 13.1. The van der Waals surface area contributed by atoms with Crippen LogP contribution in [0, 0.1) is 0 Å². The smallest absolute Gasteiger partial charge is 0.294 e. The lowest BCUT2D eigenvalue weighted by molar-refractivity contribution is 0.0953. The maximum Gasteiger partial charge on any atom is 0.294 e. The van der Waals surface area contributed by atoms with E-state index in [4.69, 9.17) is 5.84 Å². The Morgan fingerprint density at radius 1 is 1.44 bits per heavy atom. The maximum absolute atomic E-state index is 11.3. The van der Waals surface area contributed by atoms with Gasteiger partial charge in [-0.3, -0.25) is 15.1 Å². The van der Waals surface area contributed by atoms with Gasteiger partial charge in [0.25, 0.3) is 5.91 Å². The van der Waals surface area contributed by atoms with Gasteiger partial charge in [-0.15, -0.1) is 22.7 Å². The summed E-state index contributed by atoms with van der Waals surface area (Å²) < 4.78 is 0. The van der Waals surface area contributed by atoms with Crippen LogP contribution in [-0.2, 0) is 13.1 Å². The number of rotatable bonds is 5. The van der Waals surface area contributed by atoms with Gasteiger partial charge in [-0.05, 0) is 7.05 Å². The second-order valence-electron chi connectivity index (χ2n) is 3.77. The van der Waals surface area contributed by atoms with Gasteiger partial charge >= 0.3 is 0 Å². The van der Waals surface area contributed by atoms with E-state index in [0.717, 1.165) is 17.9 Å². The largest absolute Gasteiger partial charge is 0.295 e. The molecule has 0 aliphatic carbocycles. The van der Waals surface area contributed by atoms with Crippen LogP contribution in [-0.4, -0.2) is 27.8 Å².